The highest BCUT2D eigenvalue weighted by molar-refractivity contribution is 6.13. The number of hydrogen-bond donors (Lipinski definition) is 2. The number of pyridine rings is 1. The maximum Gasteiger partial charge on any atom is 0.256 e. The molecule has 23 heavy (non-hydrogen) atoms. The van der Waals surface area contributed by atoms with E-state index in [9.17, 15) is 4.79 Å². The molecule has 0 spiro atoms. The molecule has 116 valence electrons. The number of ether oxygens (including phenoxy) is 1. The van der Waals surface area contributed by atoms with E-state index < -0.39 is 0 Å². The van der Waals surface area contributed by atoms with Crippen molar-refractivity contribution in [2.75, 3.05) is 17.7 Å². The zero-order chi connectivity index (χ0) is 16.2. The van der Waals surface area contributed by atoms with Gasteiger partial charge in [-0.05, 0) is 49.4 Å². The number of fused-ring (bicyclic) bond motifs is 1. The van der Waals surface area contributed by atoms with E-state index in [-0.39, 0.29) is 5.91 Å². The fourth-order valence-corrected chi connectivity index (χ4v) is 2.38. The molecule has 0 atom stereocenters. The lowest BCUT2D eigenvalue weighted by Gasteiger charge is -2.11. The van der Waals surface area contributed by atoms with Gasteiger partial charge >= 0.3 is 0 Å². The van der Waals surface area contributed by atoms with E-state index in [1.165, 1.54) is 0 Å². The predicted molar refractivity (Wildman–Crippen MR) is 91.7 cm³/mol. The van der Waals surface area contributed by atoms with Crippen LogP contribution in [0.3, 0.4) is 0 Å². The number of hydrogen-bond acceptors (Lipinski definition) is 4. The minimum Gasteiger partial charge on any atom is -0.492 e. The van der Waals surface area contributed by atoms with E-state index in [4.69, 9.17) is 10.5 Å². The number of aromatic nitrogens is 1. The maximum atomic E-state index is 12.6. The summed E-state index contributed by atoms with van der Waals surface area (Å²) >= 11 is 0. The van der Waals surface area contributed by atoms with Gasteiger partial charge in [0.25, 0.3) is 5.91 Å². The Morgan fingerprint density at radius 3 is 2.70 bits per heavy atom. The highest BCUT2D eigenvalue weighted by Crippen LogP contribution is 2.27. The number of nitrogen functional groups attached to an aromatic ring is 1. The molecule has 1 heterocycles. The Morgan fingerprint density at radius 1 is 1.17 bits per heavy atom. The molecule has 3 N–H and O–H groups in total. The zero-order valence-corrected chi connectivity index (χ0v) is 12.7. The monoisotopic (exact) mass is 307 g/mol. The van der Waals surface area contributed by atoms with E-state index >= 15 is 0 Å². The highest BCUT2D eigenvalue weighted by Gasteiger charge is 2.14. The third-order valence-electron chi connectivity index (χ3n) is 3.45. The van der Waals surface area contributed by atoms with Crippen LogP contribution in [0.15, 0.2) is 54.7 Å². The van der Waals surface area contributed by atoms with Crippen LogP contribution in [0.2, 0.25) is 0 Å². The van der Waals surface area contributed by atoms with Crippen LogP contribution < -0.4 is 15.8 Å². The smallest absolute Gasteiger partial charge is 0.256 e. The van der Waals surface area contributed by atoms with Crippen LogP contribution in [0, 0.1) is 0 Å². The number of benzene rings is 2. The Balaban J connectivity index is 1.97. The lowest BCUT2D eigenvalue weighted by molar-refractivity contribution is 0.102. The number of nitrogens with zero attached hydrogens (tertiary/aromatic N) is 1. The van der Waals surface area contributed by atoms with Gasteiger partial charge in [0.05, 0.1) is 6.61 Å². The fraction of sp³-hybridized carbons (Fsp3) is 0.111. The van der Waals surface area contributed by atoms with Crippen molar-refractivity contribution in [3.63, 3.8) is 0 Å². The first-order valence-electron chi connectivity index (χ1n) is 7.36. The van der Waals surface area contributed by atoms with Gasteiger partial charge in [0.1, 0.15) is 11.3 Å². The van der Waals surface area contributed by atoms with Crippen LogP contribution in [0.4, 0.5) is 11.4 Å². The van der Waals surface area contributed by atoms with Crippen LogP contribution in [-0.2, 0) is 0 Å². The molecule has 5 heteroatoms. The first-order valence-corrected chi connectivity index (χ1v) is 7.36. The van der Waals surface area contributed by atoms with Crippen LogP contribution >= 0.6 is 0 Å². The summed E-state index contributed by atoms with van der Waals surface area (Å²) in [6, 6.07) is 14.2. The maximum absolute atomic E-state index is 12.6. The first kappa shape index (κ1) is 14.8. The highest BCUT2D eigenvalue weighted by atomic mass is 16.5. The number of carbonyl (C=O) groups is 1. The Bertz CT molecular complexity index is 845. The van der Waals surface area contributed by atoms with Gasteiger partial charge in [-0.1, -0.05) is 6.07 Å². The molecule has 0 saturated heterocycles. The van der Waals surface area contributed by atoms with Crippen LogP contribution in [-0.4, -0.2) is 17.5 Å². The number of rotatable bonds is 4. The van der Waals surface area contributed by atoms with Crippen LogP contribution in [0.1, 0.15) is 17.3 Å². The van der Waals surface area contributed by atoms with Crippen LogP contribution in [0.25, 0.3) is 10.9 Å². The predicted octanol–water partition coefficient (Wildman–Crippen LogP) is 3.47. The summed E-state index contributed by atoms with van der Waals surface area (Å²) < 4.78 is 5.58. The Morgan fingerprint density at radius 2 is 1.96 bits per heavy atom. The SMILES string of the molecule is CCOc1ccc(C(=O)Nc2ccc(N)cc2)c2cccnc12. The second kappa shape index (κ2) is 6.36. The molecule has 0 bridgehead atoms. The molecule has 1 aromatic heterocycles. The van der Waals surface area contributed by atoms with E-state index in [1.54, 1.807) is 48.7 Å². The van der Waals surface area contributed by atoms with Crippen molar-refractivity contribution in [2.45, 2.75) is 6.92 Å². The fourth-order valence-electron chi connectivity index (χ4n) is 2.38. The third-order valence-corrected chi connectivity index (χ3v) is 3.45. The lowest BCUT2D eigenvalue weighted by atomic mass is 10.1. The van der Waals surface area contributed by atoms with Crippen molar-refractivity contribution in [1.29, 1.82) is 0 Å². The van der Waals surface area contributed by atoms with Gasteiger partial charge in [-0.25, -0.2) is 0 Å². The minimum absolute atomic E-state index is 0.198. The zero-order valence-electron chi connectivity index (χ0n) is 12.7. The summed E-state index contributed by atoms with van der Waals surface area (Å²) in [5.74, 6) is 0.475. The number of nitrogens with one attached hydrogen (secondary N) is 1. The molecule has 3 aromatic rings. The molecule has 0 saturated carbocycles. The quantitative estimate of drug-likeness (QED) is 0.724. The topological polar surface area (TPSA) is 77.2 Å². The van der Waals surface area contributed by atoms with Gasteiger partial charge in [0, 0.05) is 28.5 Å². The minimum atomic E-state index is -0.198. The third kappa shape index (κ3) is 3.08. The van der Waals surface area contributed by atoms with Crippen molar-refractivity contribution in [1.82, 2.24) is 4.98 Å². The second-order valence-corrected chi connectivity index (χ2v) is 5.02. The average molecular weight is 307 g/mol. The van der Waals surface area contributed by atoms with Crippen molar-refractivity contribution in [3.05, 3.63) is 60.3 Å². The van der Waals surface area contributed by atoms with Gasteiger partial charge < -0.3 is 15.8 Å². The lowest BCUT2D eigenvalue weighted by Crippen LogP contribution is -2.12. The normalized spacial score (nSPS) is 10.5. The van der Waals surface area contributed by atoms with Crippen molar-refractivity contribution in [2.24, 2.45) is 0 Å². The molecule has 2 aromatic carbocycles. The molecule has 0 unspecified atom stereocenters. The van der Waals surface area contributed by atoms with Crippen LogP contribution in [0.5, 0.6) is 5.75 Å². The van der Waals surface area contributed by atoms with Crippen molar-refractivity contribution in [3.8, 4) is 5.75 Å². The Hall–Kier alpha value is -3.08. The van der Waals surface area contributed by atoms with Gasteiger partial charge in [-0.3, -0.25) is 9.78 Å². The van der Waals surface area contributed by atoms with E-state index in [0.717, 1.165) is 5.39 Å². The van der Waals surface area contributed by atoms with E-state index in [0.29, 0.717) is 34.8 Å². The summed E-state index contributed by atoms with van der Waals surface area (Å²) in [6.07, 6.45) is 1.69. The number of anilines is 2. The summed E-state index contributed by atoms with van der Waals surface area (Å²) in [5.41, 5.74) is 8.22. The van der Waals surface area contributed by atoms with Crippen molar-refractivity contribution >= 4 is 28.2 Å². The van der Waals surface area contributed by atoms with E-state index in [2.05, 4.69) is 10.3 Å². The summed E-state index contributed by atoms with van der Waals surface area (Å²) in [5, 5.41) is 3.62. The molecule has 0 aliphatic carbocycles. The molecule has 0 fully saturated rings. The Kier molecular flexibility index (Phi) is 4.10. The van der Waals surface area contributed by atoms with Gasteiger partial charge in [0.15, 0.2) is 0 Å². The van der Waals surface area contributed by atoms with Gasteiger partial charge in [-0.15, -0.1) is 0 Å². The number of nitrogens with two attached hydrogens (primary N) is 1. The standard InChI is InChI=1S/C18H17N3O2/c1-2-23-16-10-9-15(14-4-3-11-20-17(14)16)18(22)21-13-7-5-12(19)6-8-13/h3-11H,2,19H2,1H3,(H,21,22). The average Bonchev–Trinajstić information content (AvgIpc) is 2.57. The Labute approximate surface area is 134 Å². The molecule has 0 radical (unpaired) electrons. The summed E-state index contributed by atoms with van der Waals surface area (Å²) in [6.45, 7) is 2.46. The molecule has 3 rings (SSSR count). The van der Waals surface area contributed by atoms with Crippen molar-refractivity contribution < 1.29 is 9.53 Å². The van der Waals surface area contributed by atoms with Gasteiger partial charge in [-0.2, -0.15) is 0 Å². The van der Waals surface area contributed by atoms with E-state index in [1.807, 2.05) is 13.0 Å². The second-order valence-electron chi connectivity index (χ2n) is 5.02. The largest absolute Gasteiger partial charge is 0.492 e. The molecular weight excluding hydrogens is 290 g/mol. The number of amides is 1. The summed E-state index contributed by atoms with van der Waals surface area (Å²) in [7, 11) is 0. The molecule has 0 aliphatic heterocycles. The molecule has 5 nitrogen and oxygen atoms in total. The molecule has 0 aliphatic rings. The molecule has 1 amide bonds. The number of carbonyl (C=O) groups excluding carboxylic acids is 1. The first-order chi connectivity index (χ1) is 11.2. The van der Waals surface area contributed by atoms with Gasteiger partial charge in [0.2, 0.25) is 0 Å². The molecular formula is C18H17N3O2. The summed E-state index contributed by atoms with van der Waals surface area (Å²) in [4.78, 5) is 16.9.